The highest BCUT2D eigenvalue weighted by atomic mass is 32.2. The molecule has 1 N–H and O–H groups in total. The molecule has 0 fully saturated rings. The normalized spacial score (nSPS) is 12.0. The maximum atomic E-state index is 12.2. The molecule has 1 heterocycles. The Bertz CT molecular complexity index is 837. The monoisotopic (exact) mass is 347 g/mol. The molecule has 0 aliphatic carbocycles. The molecule has 6 nitrogen and oxygen atoms in total. The molecule has 1 amide bonds. The van der Waals surface area contributed by atoms with Crippen LogP contribution in [-0.4, -0.2) is 36.9 Å². The van der Waals surface area contributed by atoms with Crippen LogP contribution in [0.15, 0.2) is 47.9 Å². The number of amides is 1. The Labute approximate surface area is 142 Å². The summed E-state index contributed by atoms with van der Waals surface area (Å²) in [5.74, 6) is -0.144. The number of hydrogen-bond donors (Lipinski definition) is 1. The van der Waals surface area contributed by atoms with Gasteiger partial charge in [0.25, 0.3) is 5.91 Å². The van der Waals surface area contributed by atoms with Crippen molar-refractivity contribution in [2.75, 3.05) is 12.8 Å². The molecule has 0 aliphatic heterocycles. The largest absolute Gasteiger partial charge is 0.347 e. The highest BCUT2D eigenvalue weighted by molar-refractivity contribution is 7.93. The molecule has 0 unspecified atom stereocenters. The van der Waals surface area contributed by atoms with Crippen LogP contribution in [0.5, 0.6) is 0 Å². The number of nitrogens with zero attached hydrogens (tertiary/aromatic N) is 2. The van der Waals surface area contributed by atoms with Crippen LogP contribution in [0.3, 0.4) is 0 Å². The van der Waals surface area contributed by atoms with Gasteiger partial charge in [0.15, 0.2) is 15.5 Å². The van der Waals surface area contributed by atoms with Crippen molar-refractivity contribution in [3.8, 4) is 5.69 Å². The number of carbonyl (C=O) groups is 1. The van der Waals surface area contributed by atoms with Gasteiger partial charge in [-0.05, 0) is 24.1 Å². The van der Waals surface area contributed by atoms with E-state index in [1.807, 2.05) is 44.2 Å². The predicted octanol–water partition coefficient (Wildman–Crippen LogP) is 2.28. The van der Waals surface area contributed by atoms with Crippen LogP contribution in [0.4, 0.5) is 0 Å². The zero-order valence-electron chi connectivity index (χ0n) is 13.9. The molecule has 128 valence electrons. The first-order valence-corrected chi connectivity index (χ1v) is 9.53. The summed E-state index contributed by atoms with van der Waals surface area (Å²) in [5, 5.41) is 8.09. The van der Waals surface area contributed by atoms with Gasteiger partial charge >= 0.3 is 0 Å². The third kappa shape index (κ3) is 4.79. The minimum atomic E-state index is -3.19. The van der Waals surface area contributed by atoms with Crippen molar-refractivity contribution in [3.63, 3.8) is 0 Å². The van der Waals surface area contributed by atoms with E-state index in [0.29, 0.717) is 5.69 Å². The number of aromatic nitrogens is 2. The summed E-state index contributed by atoms with van der Waals surface area (Å²) in [7, 11) is -3.19. The Kier molecular flexibility index (Phi) is 5.56. The summed E-state index contributed by atoms with van der Waals surface area (Å²) in [6.07, 6.45) is 2.49. The van der Waals surface area contributed by atoms with Gasteiger partial charge in [0.2, 0.25) is 0 Å². The van der Waals surface area contributed by atoms with E-state index in [-0.39, 0.29) is 18.4 Å². The van der Waals surface area contributed by atoms with Crippen LogP contribution in [-0.2, 0) is 9.84 Å². The summed E-state index contributed by atoms with van der Waals surface area (Å²) in [5.41, 5.74) is 2.12. The van der Waals surface area contributed by atoms with E-state index in [1.54, 1.807) is 10.7 Å². The first kappa shape index (κ1) is 17.9. The lowest BCUT2D eigenvalue weighted by Gasteiger charge is -2.09. The molecular formula is C17H21N3O3S. The average Bonchev–Trinajstić information content (AvgIpc) is 2.97. The number of carbonyl (C=O) groups excluding carboxylic acids is 1. The topological polar surface area (TPSA) is 81.1 Å². The molecule has 7 heteroatoms. The van der Waals surface area contributed by atoms with Crippen molar-refractivity contribution in [2.45, 2.75) is 19.8 Å². The molecule has 24 heavy (non-hydrogen) atoms. The van der Waals surface area contributed by atoms with Gasteiger partial charge in [-0.25, -0.2) is 13.1 Å². The van der Waals surface area contributed by atoms with Gasteiger partial charge in [-0.2, -0.15) is 5.10 Å². The van der Waals surface area contributed by atoms with Crippen LogP contribution in [0, 0.1) is 0 Å². The lowest BCUT2D eigenvalue weighted by molar-refractivity contribution is 0.0952. The fourth-order valence-corrected chi connectivity index (χ4v) is 2.60. The Morgan fingerprint density at radius 1 is 1.29 bits per heavy atom. The van der Waals surface area contributed by atoms with Gasteiger partial charge in [0.1, 0.15) is 0 Å². The fourth-order valence-electron chi connectivity index (χ4n) is 2.16. The first-order chi connectivity index (χ1) is 11.3. The Morgan fingerprint density at radius 2 is 1.96 bits per heavy atom. The van der Waals surface area contributed by atoms with Gasteiger partial charge in [0, 0.05) is 23.9 Å². The van der Waals surface area contributed by atoms with E-state index in [0.717, 1.165) is 23.0 Å². The second-order valence-corrected chi connectivity index (χ2v) is 7.70. The highest BCUT2D eigenvalue weighted by Gasteiger charge is 2.16. The van der Waals surface area contributed by atoms with Crippen LogP contribution in [0.1, 0.15) is 35.9 Å². The van der Waals surface area contributed by atoms with Crippen molar-refractivity contribution in [3.05, 3.63) is 59.3 Å². The number of sulfone groups is 1. The quantitative estimate of drug-likeness (QED) is 0.869. The zero-order chi connectivity index (χ0) is 17.7. The van der Waals surface area contributed by atoms with Crippen molar-refractivity contribution in [1.29, 1.82) is 0 Å². The predicted molar refractivity (Wildman–Crippen MR) is 94.0 cm³/mol. The zero-order valence-corrected chi connectivity index (χ0v) is 14.7. The maximum absolute atomic E-state index is 12.2. The van der Waals surface area contributed by atoms with Crippen LogP contribution < -0.4 is 5.32 Å². The summed E-state index contributed by atoms with van der Waals surface area (Å²) in [6.45, 7) is 4.20. The van der Waals surface area contributed by atoms with E-state index in [9.17, 15) is 13.2 Å². The summed E-state index contributed by atoms with van der Waals surface area (Å²) < 4.78 is 23.8. The molecule has 0 aliphatic rings. The molecular weight excluding hydrogens is 326 g/mol. The molecule has 1 aromatic carbocycles. The molecule has 2 aromatic rings. The van der Waals surface area contributed by atoms with Crippen molar-refractivity contribution in [1.82, 2.24) is 15.1 Å². The van der Waals surface area contributed by atoms with Gasteiger partial charge in [-0.1, -0.05) is 38.1 Å². The van der Waals surface area contributed by atoms with E-state index in [2.05, 4.69) is 10.4 Å². The number of rotatable bonds is 6. The average molecular weight is 347 g/mol. The second-order valence-electron chi connectivity index (χ2n) is 5.77. The fraction of sp³-hybridized carbons (Fsp3) is 0.294. The number of hydrogen-bond acceptors (Lipinski definition) is 4. The molecule has 0 radical (unpaired) electrons. The Hall–Kier alpha value is -2.41. The summed E-state index contributed by atoms with van der Waals surface area (Å²) >= 11 is 0. The van der Waals surface area contributed by atoms with Crippen LogP contribution in [0.2, 0.25) is 0 Å². The first-order valence-electron chi connectivity index (χ1n) is 7.58. The highest BCUT2D eigenvalue weighted by Crippen LogP contribution is 2.20. The minimum absolute atomic E-state index is 0.126. The molecule has 1 aromatic heterocycles. The number of benzene rings is 1. The SMILES string of the molecule is CC(C)c1cc(C(=O)NC/C=C/S(C)(=O)=O)nn1-c1ccccc1. The standard InChI is InChI=1S/C17H21N3O3S/c1-13(2)16-12-15(17(21)18-10-7-11-24(3,22)23)19-20(16)14-8-5-4-6-9-14/h4-9,11-13H,10H2,1-3H3,(H,18,21)/b11-7+. The number of para-hydroxylation sites is 1. The maximum Gasteiger partial charge on any atom is 0.272 e. The lowest BCUT2D eigenvalue weighted by Crippen LogP contribution is -2.24. The van der Waals surface area contributed by atoms with Crippen molar-refractivity contribution < 1.29 is 13.2 Å². The molecule has 0 saturated carbocycles. The van der Waals surface area contributed by atoms with Gasteiger partial charge in [0.05, 0.1) is 5.69 Å². The van der Waals surface area contributed by atoms with E-state index in [4.69, 9.17) is 0 Å². The van der Waals surface area contributed by atoms with E-state index >= 15 is 0 Å². The third-order valence-corrected chi connectivity index (χ3v) is 3.97. The number of nitrogens with one attached hydrogen (secondary N) is 1. The van der Waals surface area contributed by atoms with Gasteiger partial charge in [-0.15, -0.1) is 0 Å². The Morgan fingerprint density at radius 3 is 2.54 bits per heavy atom. The smallest absolute Gasteiger partial charge is 0.272 e. The van der Waals surface area contributed by atoms with Gasteiger partial charge in [-0.3, -0.25) is 4.79 Å². The molecule has 0 spiro atoms. The van der Waals surface area contributed by atoms with Crippen LogP contribution in [0.25, 0.3) is 5.69 Å². The van der Waals surface area contributed by atoms with Gasteiger partial charge < -0.3 is 5.32 Å². The second kappa shape index (κ2) is 7.44. The van der Waals surface area contributed by atoms with Crippen molar-refractivity contribution >= 4 is 15.7 Å². The summed E-state index contributed by atoms with van der Waals surface area (Å²) in [6, 6.07) is 11.4. The molecule has 0 saturated heterocycles. The van der Waals surface area contributed by atoms with Crippen LogP contribution >= 0.6 is 0 Å². The van der Waals surface area contributed by atoms with E-state index in [1.165, 1.54) is 6.08 Å². The van der Waals surface area contributed by atoms with E-state index < -0.39 is 9.84 Å². The third-order valence-electron chi connectivity index (χ3n) is 3.29. The Balaban J connectivity index is 2.19. The summed E-state index contributed by atoms with van der Waals surface area (Å²) in [4.78, 5) is 12.2. The molecule has 2 rings (SSSR count). The molecule has 0 atom stereocenters. The molecule has 0 bridgehead atoms. The van der Waals surface area contributed by atoms with Crippen molar-refractivity contribution in [2.24, 2.45) is 0 Å². The lowest BCUT2D eigenvalue weighted by atomic mass is 10.1. The minimum Gasteiger partial charge on any atom is -0.347 e.